The van der Waals surface area contributed by atoms with Crippen LogP contribution in [-0.2, 0) is 0 Å². The Bertz CT molecular complexity index is 626. The number of nitrogens with one attached hydrogen (secondary N) is 1. The van der Waals surface area contributed by atoms with Crippen LogP contribution in [0.1, 0.15) is 44.2 Å². The quantitative estimate of drug-likeness (QED) is 0.882. The number of aromatic nitrogens is 1. The largest absolute Gasteiger partial charge is 0.310 e. The number of pyridine rings is 1. The van der Waals surface area contributed by atoms with Crippen molar-refractivity contribution in [1.29, 1.82) is 0 Å². The van der Waals surface area contributed by atoms with Gasteiger partial charge in [-0.15, -0.1) is 0 Å². The van der Waals surface area contributed by atoms with E-state index in [1.54, 1.807) is 0 Å². The van der Waals surface area contributed by atoms with Crippen molar-refractivity contribution in [3.63, 3.8) is 0 Å². The zero-order valence-corrected chi connectivity index (χ0v) is 12.8. The second-order valence-corrected chi connectivity index (χ2v) is 6.87. The summed E-state index contributed by atoms with van der Waals surface area (Å²) in [5.41, 5.74) is 2.56. The first-order valence-electron chi connectivity index (χ1n) is 8.43. The van der Waals surface area contributed by atoms with Crippen LogP contribution in [0.2, 0.25) is 0 Å². The molecule has 2 saturated carbocycles. The van der Waals surface area contributed by atoms with Gasteiger partial charge < -0.3 is 5.32 Å². The summed E-state index contributed by atoms with van der Waals surface area (Å²) in [6, 6.07) is 11.6. The van der Waals surface area contributed by atoms with Crippen molar-refractivity contribution in [1.82, 2.24) is 10.3 Å². The van der Waals surface area contributed by atoms with Gasteiger partial charge in [-0.05, 0) is 73.7 Å². The van der Waals surface area contributed by atoms with E-state index >= 15 is 0 Å². The molecule has 2 aliphatic carbocycles. The van der Waals surface area contributed by atoms with E-state index < -0.39 is 0 Å². The summed E-state index contributed by atoms with van der Waals surface area (Å²) in [5.74, 6) is 2.92. The Morgan fingerprint density at radius 1 is 1.19 bits per heavy atom. The lowest BCUT2D eigenvalue weighted by Gasteiger charge is -2.27. The van der Waals surface area contributed by atoms with E-state index in [0.717, 1.165) is 29.8 Å². The van der Waals surface area contributed by atoms with Gasteiger partial charge in [0, 0.05) is 17.6 Å². The highest BCUT2D eigenvalue weighted by atomic mass is 14.9. The minimum Gasteiger partial charge on any atom is -0.310 e. The molecule has 2 nitrogen and oxygen atoms in total. The van der Waals surface area contributed by atoms with Gasteiger partial charge in [-0.1, -0.05) is 19.1 Å². The second kappa shape index (κ2) is 5.42. The standard InChI is InChI=1S/C19H24N2/c1-2-7-21-19(17-11-15-10-16(15)12-17)14-5-6-18-13(9-14)4-3-8-20-18/h3-6,8-9,15-17,19,21H,2,7,10-12H2,1H3. The fraction of sp³-hybridized carbons (Fsp3) is 0.526. The van der Waals surface area contributed by atoms with Gasteiger partial charge in [-0.2, -0.15) is 0 Å². The van der Waals surface area contributed by atoms with Gasteiger partial charge in [0.2, 0.25) is 0 Å². The molecule has 1 heterocycles. The first-order valence-corrected chi connectivity index (χ1v) is 8.43. The van der Waals surface area contributed by atoms with Gasteiger partial charge in [-0.25, -0.2) is 0 Å². The number of hydrogen-bond donors (Lipinski definition) is 1. The van der Waals surface area contributed by atoms with Crippen LogP contribution in [0.25, 0.3) is 10.9 Å². The molecule has 2 heteroatoms. The van der Waals surface area contributed by atoms with Crippen LogP contribution in [0.3, 0.4) is 0 Å². The topological polar surface area (TPSA) is 24.9 Å². The van der Waals surface area contributed by atoms with Crippen LogP contribution in [0, 0.1) is 17.8 Å². The Morgan fingerprint density at radius 3 is 2.86 bits per heavy atom. The molecular weight excluding hydrogens is 256 g/mol. The predicted molar refractivity (Wildman–Crippen MR) is 87.1 cm³/mol. The van der Waals surface area contributed by atoms with E-state index in [1.807, 2.05) is 12.3 Å². The number of nitrogens with zero attached hydrogens (tertiary/aromatic N) is 1. The van der Waals surface area contributed by atoms with E-state index in [0.29, 0.717) is 6.04 Å². The third-order valence-electron chi connectivity index (χ3n) is 5.35. The average molecular weight is 280 g/mol. The molecule has 2 fully saturated rings. The van der Waals surface area contributed by atoms with Crippen LogP contribution < -0.4 is 5.32 Å². The molecular formula is C19H24N2. The normalized spacial score (nSPS) is 28.5. The van der Waals surface area contributed by atoms with Crippen LogP contribution in [0.15, 0.2) is 36.5 Å². The molecule has 110 valence electrons. The zero-order chi connectivity index (χ0) is 14.2. The third-order valence-corrected chi connectivity index (χ3v) is 5.35. The number of benzene rings is 1. The van der Waals surface area contributed by atoms with Crippen molar-refractivity contribution in [3.05, 3.63) is 42.1 Å². The summed E-state index contributed by atoms with van der Waals surface area (Å²) in [5, 5.41) is 5.08. The summed E-state index contributed by atoms with van der Waals surface area (Å²) in [7, 11) is 0. The van der Waals surface area contributed by atoms with Crippen LogP contribution in [0.4, 0.5) is 0 Å². The van der Waals surface area contributed by atoms with Crippen LogP contribution in [-0.4, -0.2) is 11.5 Å². The molecule has 3 atom stereocenters. The fourth-order valence-electron chi connectivity index (χ4n) is 4.18. The van der Waals surface area contributed by atoms with Gasteiger partial charge in [0.05, 0.1) is 5.52 Å². The highest BCUT2D eigenvalue weighted by molar-refractivity contribution is 5.79. The van der Waals surface area contributed by atoms with E-state index in [4.69, 9.17) is 0 Å². The molecule has 3 unspecified atom stereocenters. The average Bonchev–Trinajstić information content (AvgIpc) is 3.14. The maximum atomic E-state index is 4.44. The monoisotopic (exact) mass is 280 g/mol. The Balaban J connectivity index is 1.63. The molecule has 1 aromatic heterocycles. The zero-order valence-electron chi connectivity index (χ0n) is 12.8. The molecule has 2 aliphatic rings. The molecule has 1 N–H and O–H groups in total. The Labute approximate surface area is 127 Å². The molecule has 21 heavy (non-hydrogen) atoms. The van der Waals surface area contributed by atoms with Gasteiger partial charge in [0.1, 0.15) is 0 Å². The fourth-order valence-corrected chi connectivity index (χ4v) is 4.18. The lowest BCUT2D eigenvalue weighted by atomic mass is 9.88. The van der Waals surface area contributed by atoms with Crippen molar-refractivity contribution in [2.45, 2.75) is 38.6 Å². The Hall–Kier alpha value is -1.41. The van der Waals surface area contributed by atoms with Gasteiger partial charge in [-0.3, -0.25) is 4.98 Å². The summed E-state index contributed by atoms with van der Waals surface area (Å²) in [6.07, 6.45) is 7.43. The third kappa shape index (κ3) is 2.57. The molecule has 1 aromatic carbocycles. The van der Waals surface area contributed by atoms with Crippen LogP contribution >= 0.6 is 0 Å². The minimum absolute atomic E-state index is 0.530. The van der Waals surface area contributed by atoms with Crippen molar-refractivity contribution in [3.8, 4) is 0 Å². The van der Waals surface area contributed by atoms with Crippen LogP contribution in [0.5, 0.6) is 0 Å². The molecule has 0 amide bonds. The van der Waals surface area contributed by atoms with Crippen molar-refractivity contribution >= 4 is 10.9 Å². The van der Waals surface area contributed by atoms with E-state index in [9.17, 15) is 0 Å². The Morgan fingerprint density at radius 2 is 2.05 bits per heavy atom. The van der Waals surface area contributed by atoms with Crippen molar-refractivity contribution in [2.24, 2.45) is 17.8 Å². The molecule has 0 radical (unpaired) electrons. The molecule has 0 aliphatic heterocycles. The van der Waals surface area contributed by atoms with Gasteiger partial charge >= 0.3 is 0 Å². The highest BCUT2D eigenvalue weighted by Crippen LogP contribution is 2.57. The number of fused-ring (bicyclic) bond motifs is 2. The first-order chi connectivity index (χ1) is 10.3. The minimum atomic E-state index is 0.530. The van der Waals surface area contributed by atoms with Crippen molar-refractivity contribution < 1.29 is 0 Å². The molecule has 2 aromatic rings. The Kier molecular flexibility index (Phi) is 3.42. The summed E-state index contributed by atoms with van der Waals surface area (Å²) >= 11 is 0. The molecule has 0 saturated heterocycles. The molecule has 4 rings (SSSR count). The SMILES string of the molecule is CCCNC(c1ccc2ncccc2c1)C1CC2CC2C1. The lowest BCUT2D eigenvalue weighted by molar-refractivity contribution is 0.342. The summed E-state index contributed by atoms with van der Waals surface area (Å²) in [6.45, 7) is 3.36. The second-order valence-electron chi connectivity index (χ2n) is 6.87. The maximum absolute atomic E-state index is 4.44. The first kappa shape index (κ1) is 13.3. The van der Waals surface area contributed by atoms with E-state index in [2.05, 4.69) is 41.5 Å². The molecule has 0 spiro atoms. The summed E-state index contributed by atoms with van der Waals surface area (Å²) in [4.78, 5) is 4.44. The summed E-state index contributed by atoms with van der Waals surface area (Å²) < 4.78 is 0. The lowest BCUT2D eigenvalue weighted by Crippen LogP contribution is -2.28. The van der Waals surface area contributed by atoms with E-state index in [1.165, 1.54) is 36.6 Å². The van der Waals surface area contributed by atoms with E-state index in [-0.39, 0.29) is 0 Å². The predicted octanol–water partition coefficient (Wildman–Crippen LogP) is 4.32. The number of hydrogen-bond acceptors (Lipinski definition) is 2. The highest BCUT2D eigenvalue weighted by Gasteiger charge is 2.47. The molecule has 0 bridgehead atoms. The maximum Gasteiger partial charge on any atom is 0.0702 e. The smallest absolute Gasteiger partial charge is 0.0702 e. The van der Waals surface area contributed by atoms with Gasteiger partial charge in [0.15, 0.2) is 0 Å². The van der Waals surface area contributed by atoms with Gasteiger partial charge in [0.25, 0.3) is 0 Å². The number of rotatable bonds is 5. The van der Waals surface area contributed by atoms with Crippen molar-refractivity contribution in [2.75, 3.05) is 6.54 Å².